The van der Waals surface area contributed by atoms with Gasteiger partial charge in [0.2, 0.25) is 0 Å². The smallest absolute Gasteiger partial charge is 0.138 e. The minimum absolute atomic E-state index is 0.633. The standard InChI is InChI=1S/C13H14BrN3S/c14-11-3-1-2-4-12(11)18-9-13-16-7-10(5-6-15)8-17-13/h1-4,7-8H,5-6,9,15H2. The first kappa shape index (κ1) is 13.5. The fourth-order valence-electron chi connectivity index (χ4n) is 1.46. The van der Waals surface area contributed by atoms with Gasteiger partial charge in [-0.2, -0.15) is 0 Å². The van der Waals surface area contributed by atoms with Crippen LogP contribution in [0.25, 0.3) is 0 Å². The molecule has 3 nitrogen and oxygen atoms in total. The van der Waals surface area contributed by atoms with E-state index in [0.29, 0.717) is 6.54 Å². The molecule has 0 spiro atoms. The molecule has 0 aliphatic heterocycles. The molecule has 0 unspecified atom stereocenters. The number of nitrogens with two attached hydrogens (primary N) is 1. The first-order valence-electron chi connectivity index (χ1n) is 5.67. The van der Waals surface area contributed by atoms with Gasteiger partial charge in [-0.3, -0.25) is 0 Å². The van der Waals surface area contributed by atoms with Gasteiger partial charge in [0.25, 0.3) is 0 Å². The summed E-state index contributed by atoms with van der Waals surface area (Å²) in [5, 5.41) is 0. The normalized spacial score (nSPS) is 10.6. The molecule has 0 aliphatic rings. The van der Waals surface area contributed by atoms with Crippen molar-refractivity contribution in [1.82, 2.24) is 9.97 Å². The van der Waals surface area contributed by atoms with E-state index in [1.807, 2.05) is 30.6 Å². The Balaban J connectivity index is 1.96. The van der Waals surface area contributed by atoms with E-state index in [1.165, 1.54) is 4.90 Å². The number of aromatic nitrogens is 2. The minimum atomic E-state index is 0.633. The van der Waals surface area contributed by atoms with Gasteiger partial charge in [-0.15, -0.1) is 11.8 Å². The van der Waals surface area contributed by atoms with Crippen molar-refractivity contribution in [1.29, 1.82) is 0 Å². The van der Waals surface area contributed by atoms with Crippen molar-refractivity contribution >= 4 is 27.7 Å². The molecule has 5 heteroatoms. The number of nitrogens with zero attached hydrogens (tertiary/aromatic N) is 2. The Hall–Kier alpha value is -0.910. The highest BCUT2D eigenvalue weighted by Gasteiger charge is 2.02. The van der Waals surface area contributed by atoms with Crippen molar-refractivity contribution in [3.63, 3.8) is 0 Å². The molecule has 18 heavy (non-hydrogen) atoms. The van der Waals surface area contributed by atoms with Crippen LogP contribution in [0.15, 0.2) is 46.0 Å². The fraction of sp³-hybridized carbons (Fsp3) is 0.231. The molecule has 94 valence electrons. The predicted octanol–water partition coefficient (Wildman–Crippen LogP) is 3.03. The fourth-order valence-corrected chi connectivity index (χ4v) is 2.90. The molecule has 0 atom stereocenters. The van der Waals surface area contributed by atoms with Gasteiger partial charge >= 0.3 is 0 Å². The molecular weight excluding hydrogens is 310 g/mol. The molecule has 1 aromatic carbocycles. The van der Waals surface area contributed by atoms with Crippen molar-refractivity contribution in [3.8, 4) is 0 Å². The van der Waals surface area contributed by atoms with Gasteiger partial charge in [0, 0.05) is 21.8 Å². The second-order valence-corrected chi connectivity index (χ2v) is 5.64. The van der Waals surface area contributed by atoms with Crippen LogP contribution in [-0.2, 0) is 12.2 Å². The Bertz CT molecular complexity index is 502. The van der Waals surface area contributed by atoms with E-state index in [2.05, 4.69) is 32.0 Å². The van der Waals surface area contributed by atoms with Crippen LogP contribution in [0.5, 0.6) is 0 Å². The van der Waals surface area contributed by atoms with E-state index in [9.17, 15) is 0 Å². The molecule has 0 fully saturated rings. The molecule has 0 saturated carbocycles. The van der Waals surface area contributed by atoms with E-state index < -0.39 is 0 Å². The van der Waals surface area contributed by atoms with Gasteiger partial charge in [0.1, 0.15) is 5.82 Å². The maximum Gasteiger partial charge on any atom is 0.138 e. The highest BCUT2D eigenvalue weighted by atomic mass is 79.9. The van der Waals surface area contributed by atoms with Crippen LogP contribution in [0.2, 0.25) is 0 Å². The number of hydrogen-bond donors (Lipinski definition) is 1. The third-order valence-electron chi connectivity index (χ3n) is 2.39. The Morgan fingerprint density at radius 1 is 1.17 bits per heavy atom. The lowest BCUT2D eigenvalue weighted by Crippen LogP contribution is -2.04. The average Bonchev–Trinajstić information content (AvgIpc) is 2.40. The molecule has 0 amide bonds. The second-order valence-electron chi connectivity index (χ2n) is 3.77. The zero-order valence-electron chi connectivity index (χ0n) is 9.84. The molecule has 0 saturated heterocycles. The molecule has 2 N–H and O–H groups in total. The lowest BCUT2D eigenvalue weighted by molar-refractivity contribution is 0.920. The lowest BCUT2D eigenvalue weighted by atomic mass is 10.2. The van der Waals surface area contributed by atoms with E-state index in [1.54, 1.807) is 11.8 Å². The molecule has 0 bridgehead atoms. The summed E-state index contributed by atoms with van der Waals surface area (Å²) in [4.78, 5) is 9.88. The summed E-state index contributed by atoms with van der Waals surface area (Å²) in [5.41, 5.74) is 6.57. The first-order chi connectivity index (χ1) is 8.79. The molecule has 0 aliphatic carbocycles. The van der Waals surface area contributed by atoms with Crippen molar-refractivity contribution in [2.45, 2.75) is 17.1 Å². The zero-order valence-corrected chi connectivity index (χ0v) is 12.2. The third-order valence-corrected chi connectivity index (χ3v) is 4.41. The van der Waals surface area contributed by atoms with Gasteiger partial charge in [0.15, 0.2) is 0 Å². The average molecular weight is 324 g/mol. The Kier molecular flexibility index (Phi) is 5.16. The largest absolute Gasteiger partial charge is 0.330 e. The Morgan fingerprint density at radius 3 is 2.56 bits per heavy atom. The number of halogens is 1. The van der Waals surface area contributed by atoms with Gasteiger partial charge in [0.05, 0.1) is 5.75 Å². The van der Waals surface area contributed by atoms with Crippen LogP contribution in [0, 0.1) is 0 Å². The van der Waals surface area contributed by atoms with Crippen molar-refractivity contribution in [3.05, 3.63) is 52.5 Å². The highest BCUT2D eigenvalue weighted by Crippen LogP contribution is 2.28. The van der Waals surface area contributed by atoms with Crippen LogP contribution >= 0.6 is 27.7 Å². The van der Waals surface area contributed by atoms with Crippen LogP contribution in [-0.4, -0.2) is 16.5 Å². The minimum Gasteiger partial charge on any atom is -0.330 e. The molecule has 2 rings (SSSR count). The monoisotopic (exact) mass is 323 g/mol. The van der Waals surface area contributed by atoms with Gasteiger partial charge in [-0.1, -0.05) is 12.1 Å². The van der Waals surface area contributed by atoms with Crippen LogP contribution in [0.4, 0.5) is 0 Å². The van der Waals surface area contributed by atoms with E-state index in [0.717, 1.165) is 28.0 Å². The number of rotatable bonds is 5. The van der Waals surface area contributed by atoms with E-state index >= 15 is 0 Å². The Morgan fingerprint density at radius 2 is 1.89 bits per heavy atom. The summed E-state index contributed by atoms with van der Waals surface area (Å²) >= 11 is 5.25. The second kappa shape index (κ2) is 6.87. The highest BCUT2D eigenvalue weighted by molar-refractivity contribution is 9.10. The summed E-state index contributed by atoms with van der Waals surface area (Å²) in [6, 6.07) is 8.15. The van der Waals surface area contributed by atoms with Gasteiger partial charge in [-0.25, -0.2) is 9.97 Å². The summed E-state index contributed by atoms with van der Waals surface area (Å²) < 4.78 is 1.11. The number of thioether (sulfide) groups is 1. The summed E-state index contributed by atoms with van der Waals surface area (Å²) in [6.07, 6.45) is 4.54. The van der Waals surface area contributed by atoms with Crippen LogP contribution < -0.4 is 5.73 Å². The van der Waals surface area contributed by atoms with Crippen LogP contribution in [0.1, 0.15) is 11.4 Å². The summed E-state index contributed by atoms with van der Waals surface area (Å²) in [6.45, 7) is 0.633. The maximum absolute atomic E-state index is 5.49. The summed E-state index contributed by atoms with van der Waals surface area (Å²) in [5.74, 6) is 1.61. The summed E-state index contributed by atoms with van der Waals surface area (Å²) in [7, 11) is 0. The van der Waals surface area contributed by atoms with E-state index in [4.69, 9.17) is 5.73 Å². The van der Waals surface area contributed by atoms with Crippen molar-refractivity contribution in [2.75, 3.05) is 6.54 Å². The SMILES string of the molecule is NCCc1cnc(CSc2ccccc2Br)nc1. The van der Waals surface area contributed by atoms with E-state index in [-0.39, 0.29) is 0 Å². The predicted molar refractivity (Wildman–Crippen MR) is 78.5 cm³/mol. The topological polar surface area (TPSA) is 51.8 Å². The first-order valence-corrected chi connectivity index (χ1v) is 7.44. The maximum atomic E-state index is 5.49. The van der Waals surface area contributed by atoms with Gasteiger partial charge < -0.3 is 5.73 Å². The number of hydrogen-bond acceptors (Lipinski definition) is 4. The molecule has 1 heterocycles. The Labute approximate surface area is 119 Å². The van der Waals surface area contributed by atoms with Crippen LogP contribution in [0.3, 0.4) is 0 Å². The lowest BCUT2D eigenvalue weighted by Gasteiger charge is -2.04. The molecular formula is C13H14BrN3S. The number of benzene rings is 1. The zero-order chi connectivity index (χ0) is 12.8. The molecule has 0 radical (unpaired) electrons. The van der Waals surface area contributed by atoms with Crippen molar-refractivity contribution in [2.24, 2.45) is 5.73 Å². The van der Waals surface area contributed by atoms with Crippen molar-refractivity contribution < 1.29 is 0 Å². The molecule has 2 aromatic rings. The molecule has 1 aromatic heterocycles. The quantitative estimate of drug-likeness (QED) is 0.859. The van der Waals surface area contributed by atoms with Gasteiger partial charge in [-0.05, 0) is 46.6 Å². The third kappa shape index (κ3) is 3.80.